The number of halogens is 4. The van der Waals surface area contributed by atoms with Crippen LogP contribution in [-0.2, 0) is 4.79 Å². The normalized spacial score (nSPS) is 11.5. The third-order valence-corrected chi connectivity index (χ3v) is 2.15. The topological polar surface area (TPSA) is 66.9 Å². The monoisotopic (exact) mass is 282 g/mol. The van der Waals surface area contributed by atoms with Gasteiger partial charge in [-0.25, -0.2) is 0 Å². The van der Waals surface area contributed by atoms with E-state index in [-0.39, 0.29) is 16.9 Å². The number of hydrogen-bond acceptors (Lipinski definition) is 4. The molecule has 0 radical (unpaired) electrons. The molecule has 0 unspecified atom stereocenters. The van der Waals surface area contributed by atoms with E-state index < -0.39 is 12.1 Å². The van der Waals surface area contributed by atoms with Crippen LogP contribution in [0.5, 0.6) is 0 Å². The van der Waals surface area contributed by atoms with Gasteiger partial charge in [-0.1, -0.05) is 25.4 Å². The Kier molecular flexibility index (Phi) is 4.33. The lowest BCUT2D eigenvalue weighted by Gasteiger charge is -2.14. The summed E-state index contributed by atoms with van der Waals surface area (Å²) in [6, 6.07) is 1.46. The van der Waals surface area contributed by atoms with Crippen molar-refractivity contribution in [2.24, 2.45) is 0 Å². The predicted molar refractivity (Wildman–Crippen MR) is 59.0 cm³/mol. The molecule has 0 spiro atoms. The van der Waals surface area contributed by atoms with E-state index in [0.717, 1.165) is 0 Å². The van der Waals surface area contributed by atoms with Gasteiger partial charge >= 0.3 is 12.1 Å². The van der Waals surface area contributed by atoms with E-state index >= 15 is 0 Å². The molecule has 0 atom stereocenters. The van der Waals surface area contributed by atoms with Crippen LogP contribution in [0.3, 0.4) is 0 Å². The fraction of sp³-hybridized carbons (Fsp3) is 0.444. The first-order valence-corrected chi connectivity index (χ1v) is 5.26. The van der Waals surface area contributed by atoms with E-state index in [0.29, 0.717) is 5.56 Å². The Morgan fingerprint density at radius 1 is 1.39 bits per heavy atom. The Hall–Kier alpha value is -1.57. The molecule has 0 aromatic carbocycles. The molecular weight excluding hydrogens is 273 g/mol. The number of hydrazine groups is 1. The first-order valence-electron chi connectivity index (χ1n) is 4.88. The van der Waals surface area contributed by atoms with Crippen LogP contribution in [0.4, 0.5) is 19.0 Å². The summed E-state index contributed by atoms with van der Waals surface area (Å²) in [5.74, 6) is -2.15. The van der Waals surface area contributed by atoms with Gasteiger partial charge in [0.25, 0.3) is 0 Å². The molecular formula is C9H10ClF3N4O. The molecule has 2 N–H and O–H groups in total. The Morgan fingerprint density at radius 2 is 2.00 bits per heavy atom. The van der Waals surface area contributed by atoms with Gasteiger partial charge in [-0.2, -0.15) is 13.2 Å². The second kappa shape index (κ2) is 5.38. The van der Waals surface area contributed by atoms with E-state index in [4.69, 9.17) is 11.6 Å². The minimum atomic E-state index is -4.97. The maximum atomic E-state index is 12.0. The zero-order valence-corrected chi connectivity index (χ0v) is 10.2. The first-order chi connectivity index (χ1) is 8.21. The summed E-state index contributed by atoms with van der Waals surface area (Å²) in [5.41, 5.74) is 4.11. The van der Waals surface area contributed by atoms with Crippen LogP contribution in [0.25, 0.3) is 0 Å². The SMILES string of the molecule is CC(C)c1cc(Cl)nnc1NNC(=O)C(F)(F)F. The summed E-state index contributed by atoms with van der Waals surface area (Å²) in [5, 5.41) is 7.18. The second-order valence-electron chi connectivity index (χ2n) is 3.70. The van der Waals surface area contributed by atoms with Crippen molar-refractivity contribution in [2.75, 3.05) is 5.43 Å². The Bertz CT molecular complexity index is 450. The van der Waals surface area contributed by atoms with E-state index in [2.05, 4.69) is 15.6 Å². The van der Waals surface area contributed by atoms with Crippen LogP contribution in [0.2, 0.25) is 5.15 Å². The summed E-state index contributed by atoms with van der Waals surface area (Å²) >= 11 is 5.63. The minimum absolute atomic E-state index is 0.0204. The smallest absolute Gasteiger partial charge is 0.280 e. The molecule has 18 heavy (non-hydrogen) atoms. The van der Waals surface area contributed by atoms with Crippen LogP contribution in [0.15, 0.2) is 6.07 Å². The number of nitrogens with one attached hydrogen (secondary N) is 2. The molecule has 0 bridgehead atoms. The van der Waals surface area contributed by atoms with E-state index in [1.165, 1.54) is 11.5 Å². The van der Waals surface area contributed by atoms with Gasteiger partial charge in [-0.05, 0) is 12.0 Å². The standard InChI is InChI=1S/C9H10ClF3N4O/c1-4(2)5-3-6(10)14-15-7(5)16-17-8(18)9(11,12)13/h3-4H,1-2H3,(H,15,16)(H,17,18). The van der Waals surface area contributed by atoms with E-state index in [1.807, 2.05) is 0 Å². The quantitative estimate of drug-likeness (QED) is 0.835. The Morgan fingerprint density at radius 3 is 2.50 bits per heavy atom. The highest BCUT2D eigenvalue weighted by molar-refractivity contribution is 6.29. The second-order valence-corrected chi connectivity index (χ2v) is 4.09. The van der Waals surface area contributed by atoms with Gasteiger partial charge in [-0.3, -0.25) is 15.6 Å². The van der Waals surface area contributed by atoms with Gasteiger partial charge in [0.05, 0.1) is 0 Å². The molecule has 1 aromatic heterocycles. The van der Waals surface area contributed by atoms with E-state index in [1.54, 1.807) is 13.8 Å². The van der Waals surface area contributed by atoms with Crippen LogP contribution >= 0.6 is 11.6 Å². The van der Waals surface area contributed by atoms with Gasteiger partial charge < -0.3 is 0 Å². The van der Waals surface area contributed by atoms with Gasteiger partial charge in [0, 0.05) is 5.56 Å². The van der Waals surface area contributed by atoms with Gasteiger partial charge in [0.1, 0.15) is 0 Å². The zero-order chi connectivity index (χ0) is 13.9. The fourth-order valence-corrected chi connectivity index (χ4v) is 1.26. The summed E-state index contributed by atoms with van der Waals surface area (Å²) in [6.45, 7) is 3.59. The zero-order valence-electron chi connectivity index (χ0n) is 9.47. The van der Waals surface area contributed by atoms with Crippen molar-refractivity contribution in [1.29, 1.82) is 0 Å². The highest BCUT2D eigenvalue weighted by Crippen LogP contribution is 2.23. The highest BCUT2D eigenvalue weighted by atomic mass is 35.5. The first kappa shape index (κ1) is 14.5. The van der Waals surface area contributed by atoms with Crippen molar-refractivity contribution in [3.8, 4) is 0 Å². The summed E-state index contributed by atoms with van der Waals surface area (Å²) in [4.78, 5) is 10.6. The number of nitrogens with zero attached hydrogens (tertiary/aromatic N) is 2. The van der Waals surface area contributed by atoms with E-state index in [9.17, 15) is 18.0 Å². The third kappa shape index (κ3) is 3.73. The van der Waals surface area contributed by atoms with Crippen molar-refractivity contribution in [3.63, 3.8) is 0 Å². The number of alkyl halides is 3. The number of carbonyl (C=O) groups is 1. The summed E-state index contributed by atoms with van der Waals surface area (Å²) in [6.07, 6.45) is -4.97. The number of hydrogen-bond donors (Lipinski definition) is 2. The summed E-state index contributed by atoms with van der Waals surface area (Å²) < 4.78 is 35.9. The number of aromatic nitrogens is 2. The molecule has 0 saturated heterocycles. The molecule has 0 saturated carbocycles. The fourth-order valence-electron chi connectivity index (χ4n) is 1.11. The van der Waals surface area contributed by atoms with Gasteiger partial charge in [0.2, 0.25) is 0 Å². The van der Waals surface area contributed by atoms with Crippen molar-refractivity contribution in [1.82, 2.24) is 15.6 Å². The minimum Gasteiger partial charge on any atom is -0.280 e. The molecule has 0 fully saturated rings. The van der Waals surface area contributed by atoms with Crippen LogP contribution in [-0.4, -0.2) is 22.3 Å². The molecule has 9 heteroatoms. The number of rotatable bonds is 3. The molecule has 1 rings (SSSR count). The molecule has 5 nitrogen and oxygen atoms in total. The lowest BCUT2D eigenvalue weighted by atomic mass is 10.1. The average Bonchev–Trinajstić information content (AvgIpc) is 2.25. The molecule has 0 aliphatic heterocycles. The molecule has 1 aromatic rings. The van der Waals surface area contributed by atoms with Crippen LogP contribution < -0.4 is 10.9 Å². The largest absolute Gasteiger partial charge is 0.472 e. The molecule has 0 aliphatic rings. The molecule has 1 amide bonds. The Balaban J connectivity index is 2.82. The van der Waals surface area contributed by atoms with Crippen molar-refractivity contribution < 1.29 is 18.0 Å². The molecule has 100 valence electrons. The Labute approximate surface area is 106 Å². The van der Waals surface area contributed by atoms with Gasteiger partial charge in [0.15, 0.2) is 11.0 Å². The highest BCUT2D eigenvalue weighted by Gasteiger charge is 2.38. The third-order valence-electron chi connectivity index (χ3n) is 1.97. The number of anilines is 1. The van der Waals surface area contributed by atoms with Crippen LogP contribution in [0, 0.1) is 0 Å². The van der Waals surface area contributed by atoms with Crippen molar-refractivity contribution >= 4 is 23.3 Å². The van der Waals surface area contributed by atoms with Gasteiger partial charge in [-0.15, -0.1) is 10.2 Å². The number of amides is 1. The molecule has 1 heterocycles. The average molecular weight is 283 g/mol. The lowest BCUT2D eigenvalue weighted by Crippen LogP contribution is -2.40. The molecule has 0 aliphatic carbocycles. The predicted octanol–water partition coefficient (Wildman–Crippen LogP) is 2.26. The van der Waals surface area contributed by atoms with Crippen molar-refractivity contribution in [2.45, 2.75) is 25.9 Å². The maximum absolute atomic E-state index is 12.0. The maximum Gasteiger partial charge on any atom is 0.472 e. The number of carbonyl (C=O) groups excluding carboxylic acids is 1. The summed E-state index contributed by atoms with van der Waals surface area (Å²) in [7, 11) is 0. The van der Waals surface area contributed by atoms with Crippen LogP contribution in [0.1, 0.15) is 25.3 Å². The lowest BCUT2D eigenvalue weighted by molar-refractivity contribution is -0.173. The van der Waals surface area contributed by atoms with Crippen molar-refractivity contribution in [3.05, 3.63) is 16.8 Å².